The maximum absolute atomic E-state index is 13.6. The van der Waals surface area contributed by atoms with Crippen molar-refractivity contribution in [1.82, 2.24) is 35.6 Å². The molecule has 1 rings (SSSR count). The molecule has 0 radical (unpaired) electrons. The van der Waals surface area contributed by atoms with E-state index in [1.165, 1.54) is 49.7 Å². The molecule has 0 aromatic rings. The summed E-state index contributed by atoms with van der Waals surface area (Å²) >= 11 is 0. The van der Waals surface area contributed by atoms with Crippen LogP contribution < -0.4 is 16.0 Å². The van der Waals surface area contributed by atoms with Gasteiger partial charge in [-0.3, -0.25) is 38.5 Å². The molecule has 3 N–H and O–H groups in total. The van der Waals surface area contributed by atoms with Gasteiger partial charge >= 0.3 is 0 Å². The third-order valence-electron chi connectivity index (χ3n) is 10.5. The Balaban J connectivity index is 2.92. The summed E-state index contributed by atoms with van der Waals surface area (Å²) in [7, 11) is 6.18. The molecule has 1 aliphatic heterocycles. The second-order valence-electron chi connectivity index (χ2n) is 15.7. The minimum Gasteiger partial charge on any atom is -0.355 e. The van der Waals surface area contributed by atoms with Crippen molar-refractivity contribution in [1.29, 1.82) is 0 Å². The number of Topliss-reactive ketones (excluding diaryl/α,β-unsaturated/α-hetero) is 1. The molecule has 6 amide bonds. The van der Waals surface area contributed by atoms with Gasteiger partial charge in [-0.1, -0.05) is 60.8 Å². The summed E-state index contributed by atoms with van der Waals surface area (Å²) in [5, 5.41) is 8.36. The van der Waals surface area contributed by atoms with Crippen LogP contribution in [0.2, 0.25) is 0 Å². The highest BCUT2D eigenvalue weighted by atomic mass is 16.5. The van der Waals surface area contributed by atoms with Crippen LogP contribution >= 0.6 is 0 Å². The van der Waals surface area contributed by atoms with E-state index in [0.29, 0.717) is 12.8 Å². The number of ether oxygens (including phenoxy) is 1. The average molecular weight is 752 g/mol. The largest absolute Gasteiger partial charge is 0.355 e. The molecule has 53 heavy (non-hydrogen) atoms. The number of rotatable bonds is 20. The monoisotopic (exact) mass is 752 g/mol. The van der Waals surface area contributed by atoms with Gasteiger partial charge in [0.1, 0.15) is 35.9 Å². The van der Waals surface area contributed by atoms with E-state index in [0.717, 1.165) is 19.3 Å². The zero-order valence-electron chi connectivity index (χ0n) is 35.0. The van der Waals surface area contributed by atoms with E-state index >= 15 is 0 Å². The third kappa shape index (κ3) is 12.8. The molecular weight excluding hydrogens is 682 g/mol. The number of nitrogens with one attached hydrogen (secondary N) is 3. The Hall–Kier alpha value is -3.59. The molecule has 0 spiro atoms. The SMILES string of the molecule is CCCCCC(NC(=O)C(C)N(C)C(=O)C(NC(=O)C(C)N(C)C(=O)CN(C)C(=O)C(CC)NC(=O)C1C(C(C)C)OC(C)(C)N1C)C(C)C)C(C)=O. The zero-order chi connectivity index (χ0) is 41.1. The van der Waals surface area contributed by atoms with Crippen molar-refractivity contribution >= 4 is 41.2 Å². The second kappa shape index (κ2) is 20.8. The number of hydrogen-bond donors (Lipinski definition) is 3. The number of likely N-dealkylation sites (N-methyl/N-ethyl adjacent to an activating group) is 4. The van der Waals surface area contributed by atoms with Crippen molar-refractivity contribution in [3.05, 3.63) is 0 Å². The Morgan fingerprint density at radius 1 is 0.774 bits per heavy atom. The molecule has 15 nitrogen and oxygen atoms in total. The van der Waals surface area contributed by atoms with Crippen LogP contribution in [0.25, 0.3) is 0 Å². The van der Waals surface area contributed by atoms with Gasteiger partial charge in [0.15, 0.2) is 5.78 Å². The molecule has 1 saturated heterocycles. The maximum atomic E-state index is 13.6. The van der Waals surface area contributed by atoms with E-state index in [1.807, 2.05) is 46.6 Å². The third-order valence-corrected chi connectivity index (χ3v) is 10.5. The standard InChI is InChI=1S/C38H69N7O8/c1-16-18-19-20-28(26(9)46)40-33(48)25(8)44(14)37(52)30(22(3)4)41-34(49)24(7)43(13)29(47)21-42(12)36(51)27(17-2)39-35(50)31-32(23(5)6)53-38(10,11)45(31)15/h22-25,27-28,30-32H,16-21H2,1-15H3,(H,39,50)(H,40,48)(H,41,49). The Morgan fingerprint density at radius 2 is 1.32 bits per heavy atom. The van der Waals surface area contributed by atoms with Crippen LogP contribution in [-0.4, -0.2) is 144 Å². The van der Waals surface area contributed by atoms with Crippen molar-refractivity contribution in [2.24, 2.45) is 11.8 Å². The zero-order valence-corrected chi connectivity index (χ0v) is 35.0. The highest BCUT2D eigenvalue weighted by molar-refractivity contribution is 5.96. The lowest BCUT2D eigenvalue weighted by atomic mass is 9.98. The van der Waals surface area contributed by atoms with Crippen LogP contribution in [-0.2, 0) is 38.3 Å². The van der Waals surface area contributed by atoms with Gasteiger partial charge in [0, 0.05) is 21.1 Å². The Kier molecular flexibility index (Phi) is 18.6. The van der Waals surface area contributed by atoms with Gasteiger partial charge in [-0.15, -0.1) is 0 Å². The Bertz CT molecular complexity index is 1300. The summed E-state index contributed by atoms with van der Waals surface area (Å²) in [6, 6.07) is -5.08. The number of amides is 6. The molecule has 7 unspecified atom stereocenters. The van der Waals surface area contributed by atoms with Crippen molar-refractivity contribution in [2.45, 2.75) is 156 Å². The first-order valence-corrected chi connectivity index (χ1v) is 19.0. The van der Waals surface area contributed by atoms with Crippen LogP contribution in [0, 0.1) is 11.8 Å². The smallest absolute Gasteiger partial charge is 0.245 e. The van der Waals surface area contributed by atoms with Gasteiger partial charge < -0.3 is 35.4 Å². The van der Waals surface area contributed by atoms with E-state index < -0.39 is 71.5 Å². The summed E-state index contributed by atoms with van der Waals surface area (Å²) in [6.07, 6.45) is 3.13. The Morgan fingerprint density at radius 3 is 1.81 bits per heavy atom. The quantitative estimate of drug-likeness (QED) is 0.157. The van der Waals surface area contributed by atoms with Crippen molar-refractivity contribution in [3.63, 3.8) is 0 Å². The summed E-state index contributed by atoms with van der Waals surface area (Å²) in [5.74, 6) is -3.35. The first-order valence-electron chi connectivity index (χ1n) is 19.0. The molecule has 1 heterocycles. The number of carbonyl (C=O) groups is 7. The molecule has 0 aliphatic carbocycles. The predicted molar refractivity (Wildman–Crippen MR) is 203 cm³/mol. The highest BCUT2D eigenvalue weighted by Crippen LogP contribution is 2.34. The van der Waals surface area contributed by atoms with Crippen LogP contribution in [0.15, 0.2) is 0 Å². The van der Waals surface area contributed by atoms with Gasteiger partial charge in [-0.05, 0) is 66.3 Å². The fourth-order valence-electron chi connectivity index (χ4n) is 6.15. The number of unbranched alkanes of at least 4 members (excludes halogenated alkanes) is 2. The summed E-state index contributed by atoms with van der Waals surface area (Å²) in [6.45, 7) is 19.2. The first-order chi connectivity index (χ1) is 24.4. The number of ketones is 1. The molecule has 1 aliphatic rings. The molecule has 15 heteroatoms. The number of nitrogens with zero attached hydrogens (tertiary/aromatic N) is 4. The lowest BCUT2D eigenvalue weighted by Gasteiger charge is -2.33. The first kappa shape index (κ1) is 47.4. The summed E-state index contributed by atoms with van der Waals surface area (Å²) < 4.78 is 6.15. The van der Waals surface area contributed by atoms with Crippen molar-refractivity contribution < 1.29 is 38.3 Å². The topological polar surface area (TPSA) is 178 Å². The fourth-order valence-corrected chi connectivity index (χ4v) is 6.15. The van der Waals surface area contributed by atoms with E-state index in [-0.39, 0.29) is 36.2 Å². The molecule has 304 valence electrons. The predicted octanol–water partition coefficient (Wildman–Crippen LogP) is 1.92. The van der Waals surface area contributed by atoms with Crippen LogP contribution in [0.1, 0.15) is 108 Å². The van der Waals surface area contributed by atoms with Gasteiger partial charge in [-0.2, -0.15) is 0 Å². The number of carbonyl (C=O) groups excluding carboxylic acids is 7. The summed E-state index contributed by atoms with van der Waals surface area (Å²) in [5.41, 5.74) is -0.666. The van der Waals surface area contributed by atoms with Crippen molar-refractivity contribution in [3.8, 4) is 0 Å². The normalized spacial score (nSPS) is 19.8. The van der Waals surface area contributed by atoms with Crippen molar-refractivity contribution in [2.75, 3.05) is 34.7 Å². The average Bonchev–Trinajstić information content (AvgIpc) is 3.34. The van der Waals surface area contributed by atoms with Crippen LogP contribution in [0.3, 0.4) is 0 Å². The van der Waals surface area contributed by atoms with Crippen LogP contribution in [0.5, 0.6) is 0 Å². The lowest BCUT2D eigenvalue weighted by molar-refractivity contribution is -0.146. The minimum absolute atomic E-state index is 0.0531. The van der Waals surface area contributed by atoms with Gasteiger partial charge in [0.05, 0.1) is 18.7 Å². The lowest BCUT2D eigenvalue weighted by Crippen LogP contribution is -2.59. The molecular formula is C38H69N7O8. The minimum atomic E-state index is -1.01. The Labute approximate surface area is 317 Å². The molecule has 0 saturated carbocycles. The van der Waals surface area contributed by atoms with E-state index in [9.17, 15) is 33.6 Å². The van der Waals surface area contributed by atoms with Gasteiger partial charge in [0.25, 0.3) is 0 Å². The molecule has 0 aromatic heterocycles. The van der Waals surface area contributed by atoms with E-state index in [4.69, 9.17) is 4.74 Å². The van der Waals surface area contributed by atoms with E-state index in [2.05, 4.69) is 16.0 Å². The van der Waals surface area contributed by atoms with Gasteiger partial charge in [0.2, 0.25) is 35.4 Å². The fraction of sp³-hybridized carbons (Fsp3) is 0.816. The highest BCUT2D eigenvalue weighted by Gasteiger charge is 2.50. The molecule has 0 aromatic carbocycles. The van der Waals surface area contributed by atoms with Gasteiger partial charge in [-0.25, -0.2) is 0 Å². The van der Waals surface area contributed by atoms with E-state index in [1.54, 1.807) is 27.7 Å². The molecule has 1 fully saturated rings. The van der Waals surface area contributed by atoms with Crippen LogP contribution in [0.4, 0.5) is 0 Å². The molecule has 0 bridgehead atoms. The number of hydrogen-bond acceptors (Lipinski definition) is 9. The molecule has 7 atom stereocenters. The summed E-state index contributed by atoms with van der Waals surface area (Å²) in [4.78, 5) is 98.0. The maximum Gasteiger partial charge on any atom is 0.245 e. The second-order valence-corrected chi connectivity index (χ2v) is 15.7.